The maximum atomic E-state index is 11.7. The van der Waals surface area contributed by atoms with E-state index in [2.05, 4.69) is 16.4 Å². The molecule has 0 spiro atoms. The maximum absolute atomic E-state index is 11.7. The Morgan fingerprint density at radius 3 is 2.94 bits per heavy atom. The first-order chi connectivity index (χ1) is 8.34. The van der Waals surface area contributed by atoms with Gasteiger partial charge in [-0.3, -0.25) is 4.79 Å². The highest BCUT2D eigenvalue weighted by molar-refractivity contribution is 5.82. The SMILES string of the molecule is O=c1cc(C2CCCNC2)c2ccccc2[nH]1. The number of piperidine rings is 1. The largest absolute Gasteiger partial charge is 0.322 e. The van der Waals surface area contributed by atoms with Gasteiger partial charge in [0, 0.05) is 23.5 Å². The molecule has 1 aromatic heterocycles. The summed E-state index contributed by atoms with van der Waals surface area (Å²) in [6, 6.07) is 9.81. The number of aromatic nitrogens is 1. The van der Waals surface area contributed by atoms with Crippen molar-refractivity contribution in [2.24, 2.45) is 0 Å². The number of hydrogen-bond donors (Lipinski definition) is 2. The third-order valence-corrected chi connectivity index (χ3v) is 3.52. The molecular formula is C14H16N2O. The number of hydrogen-bond acceptors (Lipinski definition) is 2. The van der Waals surface area contributed by atoms with Gasteiger partial charge < -0.3 is 10.3 Å². The average Bonchev–Trinajstić information content (AvgIpc) is 2.39. The van der Waals surface area contributed by atoms with E-state index >= 15 is 0 Å². The van der Waals surface area contributed by atoms with Gasteiger partial charge >= 0.3 is 0 Å². The van der Waals surface area contributed by atoms with Crippen molar-refractivity contribution in [2.45, 2.75) is 18.8 Å². The Morgan fingerprint density at radius 2 is 2.12 bits per heavy atom. The Morgan fingerprint density at radius 1 is 1.24 bits per heavy atom. The number of rotatable bonds is 1. The molecule has 2 heterocycles. The zero-order valence-corrected chi connectivity index (χ0v) is 9.70. The first-order valence-electron chi connectivity index (χ1n) is 6.17. The molecule has 17 heavy (non-hydrogen) atoms. The second kappa shape index (κ2) is 4.34. The van der Waals surface area contributed by atoms with Crippen LogP contribution in [-0.2, 0) is 0 Å². The topological polar surface area (TPSA) is 44.9 Å². The van der Waals surface area contributed by atoms with Crippen LogP contribution in [0.3, 0.4) is 0 Å². The van der Waals surface area contributed by atoms with E-state index in [1.807, 2.05) is 18.2 Å². The number of para-hydroxylation sites is 1. The fraction of sp³-hybridized carbons (Fsp3) is 0.357. The first-order valence-corrected chi connectivity index (χ1v) is 6.17. The Balaban J connectivity index is 2.16. The van der Waals surface area contributed by atoms with Gasteiger partial charge in [0.2, 0.25) is 5.56 Å². The molecule has 1 fully saturated rings. The lowest BCUT2D eigenvalue weighted by Gasteiger charge is -2.24. The zero-order chi connectivity index (χ0) is 11.7. The van der Waals surface area contributed by atoms with Crippen LogP contribution in [0, 0.1) is 0 Å². The summed E-state index contributed by atoms with van der Waals surface area (Å²) in [5.74, 6) is 0.468. The van der Waals surface area contributed by atoms with Crippen molar-refractivity contribution in [3.05, 3.63) is 46.2 Å². The van der Waals surface area contributed by atoms with Gasteiger partial charge in [-0.2, -0.15) is 0 Å². The molecule has 3 nitrogen and oxygen atoms in total. The monoisotopic (exact) mass is 228 g/mol. The maximum Gasteiger partial charge on any atom is 0.248 e. The summed E-state index contributed by atoms with van der Waals surface area (Å²) in [6.45, 7) is 2.07. The molecular weight excluding hydrogens is 212 g/mol. The van der Waals surface area contributed by atoms with Crippen molar-refractivity contribution in [2.75, 3.05) is 13.1 Å². The Bertz CT molecular complexity index is 582. The summed E-state index contributed by atoms with van der Waals surface area (Å²) in [5.41, 5.74) is 2.14. The Hall–Kier alpha value is -1.61. The molecule has 2 N–H and O–H groups in total. The van der Waals surface area contributed by atoms with Gasteiger partial charge in [-0.15, -0.1) is 0 Å². The average molecular weight is 228 g/mol. The van der Waals surface area contributed by atoms with Crippen LogP contribution >= 0.6 is 0 Å². The van der Waals surface area contributed by atoms with Gasteiger partial charge in [-0.1, -0.05) is 18.2 Å². The predicted octanol–water partition coefficient (Wildman–Crippen LogP) is 2.00. The highest BCUT2D eigenvalue weighted by Crippen LogP contribution is 2.27. The van der Waals surface area contributed by atoms with E-state index in [0.29, 0.717) is 5.92 Å². The predicted molar refractivity (Wildman–Crippen MR) is 69.4 cm³/mol. The zero-order valence-electron chi connectivity index (χ0n) is 9.70. The van der Waals surface area contributed by atoms with Crippen LogP contribution < -0.4 is 10.9 Å². The second-order valence-corrected chi connectivity index (χ2v) is 4.68. The summed E-state index contributed by atoms with van der Waals surface area (Å²) in [7, 11) is 0. The van der Waals surface area contributed by atoms with Crippen LogP contribution in [0.15, 0.2) is 35.1 Å². The van der Waals surface area contributed by atoms with Gasteiger partial charge in [-0.05, 0) is 36.9 Å². The number of benzene rings is 1. The lowest BCUT2D eigenvalue weighted by atomic mass is 9.89. The molecule has 1 saturated heterocycles. The standard InChI is InChI=1S/C14H16N2O/c17-14-8-12(10-4-3-7-15-9-10)11-5-1-2-6-13(11)16-14/h1-2,5-6,8,10,15H,3-4,7,9H2,(H,16,17). The number of pyridine rings is 1. The lowest BCUT2D eigenvalue weighted by Crippen LogP contribution is -2.29. The Labute approximate surface area is 99.9 Å². The molecule has 3 heteroatoms. The minimum atomic E-state index is 0.00396. The van der Waals surface area contributed by atoms with E-state index in [4.69, 9.17) is 0 Å². The van der Waals surface area contributed by atoms with E-state index in [0.717, 1.165) is 18.6 Å². The molecule has 1 aromatic carbocycles. The quantitative estimate of drug-likeness (QED) is 0.784. The van der Waals surface area contributed by atoms with Crippen LogP contribution in [0.5, 0.6) is 0 Å². The van der Waals surface area contributed by atoms with Crippen LogP contribution in [0.4, 0.5) is 0 Å². The number of nitrogens with one attached hydrogen (secondary N) is 2. The van der Waals surface area contributed by atoms with E-state index in [9.17, 15) is 4.79 Å². The highest BCUT2D eigenvalue weighted by Gasteiger charge is 2.17. The minimum absolute atomic E-state index is 0.00396. The van der Waals surface area contributed by atoms with Crippen LogP contribution in [0.2, 0.25) is 0 Å². The second-order valence-electron chi connectivity index (χ2n) is 4.68. The van der Waals surface area contributed by atoms with Crippen molar-refractivity contribution in [1.29, 1.82) is 0 Å². The third kappa shape index (κ3) is 1.98. The summed E-state index contributed by atoms with van der Waals surface area (Å²) >= 11 is 0. The lowest BCUT2D eigenvalue weighted by molar-refractivity contribution is 0.463. The number of H-pyrrole nitrogens is 1. The summed E-state index contributed by atoms with van der Waals surface area (Å²) < 4.78 is 0. The number of aromatic amines is 1. The molecule has 0 bridgehead atoms. The third-order valence-electron chi connectivity index (χ3n) is 3.52. The van der Waals surface area contributed by atoms with Crippen molar-refractivity contribution >= 4 is 10.9 Å². The Kier molecular flexibility index (Phi) is 2.69. The van der Waals surface area contributed by atoms with Crippen LogP contribution in [-0.4, -0.2) is 18.1 Å². The smallest absolute Gasteiger partial charge is 0.248 e. The molecule has 1 unspecified atom stereocenters. The van der Waals surface area contributed by atoms with Crippen molar-refractivity contribution in [1.82, 2.24) is 10.3 Å². The highest BCUT2D eigenvalue weighted by atomic mass is 16.1. The van der Waals surface area contributed by atoms with Gasteiger partial charge in [0.1, 0.15) is 0 Å². The van der Waals surface area contributed by atoms with Gasteiger partial charge in [0.05, 0.1) is 0 Å². The molecule has 2 aromatic rings. The van der Waals surface area contributed by atoms with Crippen LogP contribution in [0.25, 0.3) is 10.9 Å². The molecule has 88 valence electrons. The van der Waals surface area contributed by atoms with Crippen LogP contribution in [0.1, 0.15) is 24.3 Å². The van der Waals surface area contributed by atoms with Gasteiger partial charge in [-0.25, -0.2) is 0 Å². The van der Waals surface area contributed by atoms with Gasteiger partial charge in [0.15, 0.2) is 0 Å². The van der Waals surface area contributed by atoms with E-state index in [1.165, 1.54) is 23.8 Å². The molecule has 1 aliphatic heterocycles. The summed E-state index contributed by atoms with van der Waals surface area (Å²) in [6.07, 6.45) is 2.35. The molecule has 1 atom stereocenters. The molecule has 1 aliphatic rings. The molecule has 0 aliphatic carbocycles. The molecule has 0 saturated carbocycles. The van der Waals surface area contributed by atoms with Crippen molar-refractivity contribution in [3.63, 3.8) is 0 Å². The summed E-state index contributed by atoms with van der Waals surface area (Å²) in [4.78, 5) is 14.6. The number of fused-ring (bicyclic) bond motifs is 1. The van der Waals surface area contributed by atoms with E-state index in [1.54, 1.807) is 6.07 Å². The summed E-state index contributed by atoms with van der Waals surface area (Å²) in [5, 5.41) is 4.59. The van der Waals surface area contributed by atoms with Crippen molar-refractivity contribution < 1.29 is 0 Å². The van der Waals surface area contributed by atoms with Gasteiger partial charge in [0.25, 0.3) is 0 Å². The van der Waals surface area contributed by atoms with E-state index in [-0.39, 0.29) is 5.56 Å². The van der Waals surface area contributed by atoms with Crippen molar-refractivity contribution in [3.8, 4) is 0 Å². The molecule has 0 amide bonds. The van der Waals surface area contributed by atoms with E-state index < -0.39 is 0 Å². The molecule has 0 radical (unpaired) electrons. The fourth-order valence-electron chi connectivity index (χ4n) is 2.69. The first kappa shape index (κ1) is 10.5. The minimum Gasteiger partial charge on any atom is -0.322 e. The molecule has 3 rings (SSSR count). The normalized spacial score (nSPS) is 20.6. The fourth-order valence-corrected chi connectivity index (χ4v) is 2.69.